The van der Waals surface area contributed by atoms with E-state index in [2.05, 4.69) is 39.6 Å². The Morgan fingerprint density at radius 3 is 2.55 bits per heavy atom. The average molecular weight is 266 g/mol. The Kier molecular flexibility index (Phi) is 3.37. The third-order valence-corrected chi connectivity index (χ3v) is 3.71. The summed E-state index contributed by atoms with van der Waals surface area (Å²) in [5.74, 6) is 1.14. The van der Waals surface area contributed by atoms with Crippen LogP contribution in [0, 0.1) is 0 Å². The lowest BCUT2D eigenvalue weighted by Gasteiger charge is -2.13. The number of nitrogens with two attached hydrogens (primary N) is 1. The van der Waals surface area contributed by atoms with Crippen LogP contribution in [0.3, 0.4) is 0 Å². The SMILES string of the molecule is NC(=NCC1(c2ccccc2)CC1)Nc1ccccn1. The third-order valence-electron chi connectivity index (χ3n) is 3.71. The van der Waals surface area contributed by atoms with E-state index in [0.29, 0.717) is 5.96 Å². The molecule has 1 aliphatic rings. The first-order valence-corrected chi connectivity index (χ1v) is 6.82. The van der Waals surface area contributed by atoms with Crippen LogP contribution in [-0.4, -0.2) is 17.5 Å². The van der Waals surface area contributed by atoms with Gasteiger partial charge in [-0.1, -0.05) is 36.4 Å². The van der Waals surface area contributed by atoms with Gasteiger partial charge in [-0.25, -0.2) is 4.98 Å². The topological polar surface area (TPSA) is 63.3 Å². The molecule has 3 rings (SSSR count). The van der Waals surface area contributed by atoms with Crippen molar-refractivity contribution in [1.82, 2.24) is 4.98 Å². The summed E-state index contributed by atoms with van der Waals surface area (Å²) in [6.07, 6.45) is 4.08. The highest BCUT2D eigenvalue weighted by Crippen LogP contribution is 2.48. The number of hydrogen-bond acceptors (Lipinski definition) is 2. The lowest BCUT2D eigenvalue weighted by atomic mass is 9.96. The molecule has 1 aromatic heterocycles. The molecule has 0 spiro atoms. The maximum atomic E-state index is 5.92. The van der Waals surface area contributed by atoms with E-state index in [4.69, 9.17) is 5.73 Å². The van der Waals surface area contributed by atoms with E-state index in [1.54, 1.807) is 6.20 Å². The molecule has 1 aromatic carbocycles. The molecule has 0 saturated heterocycles. The van der Waals surface area contributed by atoms with Gasteiger partial charge in [0.15, 0.2) is 5.96 Å². The summed E-state index contributed by atoms with van der Waals surface area (Å²) in [6.45, 7) is 0.725. The van der Waals surface area contributed by atoms with Gasteiger partial charge in [0.05, 0.1) is 6.54 Å². The molecule has 0 unspecified atom stereocenters. The number of hydrogen-bond donors (Lipinski definition) is 2. The number of guanidine groups is 1. The summed E-state index contributed by atoms with van der Waals surface area (Å²) >= 11 is 0. The van der Waals surface area contributed by atoms with Crippen molar-refractivity contribution in [1.29, 1.82) is 0 Å². The summed E-state index contributed by atoms with van der Waals surface area (Å²) in [5.41, 5.74) is 7.47. The molecule has 0 atom stereocenters. The molecule has 0 radical (unpaired) electrons. The Morgan fingerprint density at radius 1 is 1.15 bits per heavy atom. The third kappa shape index (κ3) is 2.79. The van der Waals surface area contributed by atoms with Crippen LogP contribution in [0.4, 0.5) is 5.82 Å². The van der Waals surface area contributed by atoms with Crippen molar-refractivity contribution < 1.29 is 0 Å². The highest BCUT2D eigenvalue weighted by molar-refractivity contribution is 5.91. The molecule has 1 heterocycles. The second-order valence-electron chi connectivity index (χ2n) is 5.19. The molecular formula is C16H18N4. The van der Waals surface area contributed by atoms with Gasteiger partial charge in [-0.2, -0.15) is 0 Å². The minimum atomic E-state index is 0.192. The van der Waals surface area contributed by atoms with Gasteiger partial charge < -0.3 is 11.1 Å². The molecule has 102 valence electrons. The van der Waals surface area contributed by atoms with Crippen molar-refractivity contribution in [3.05, 3.63) is 60.3 Å². The lowest BCUT2D eigenvalue weighted by Crippen LogP contribution is -2.25. The summed E-state index contributed by atoms with van der Waals surface area (Å²) in [5, 5.41) is 3.01. The van der Waals surface area contributed by atoms with E-state index < -0.39 is 0 Å². The van der Waals surface area contributed by atoms with Crippen molar-refractivity contribution >= 4 is 11.8 Å². The van der Waals surface area contributed by atoms with Gasteiger partial charge in [-0.15, -0.1) is 0 Å². The first-order valence-electron chi connectivity index (χ1n) is 6.82. The quantitative estimate of drug-likeness (QED) is 0.660. The molecule has 2 aromatic rings. The number of aromatic nitrogens is 1. The van der Waals surface area contributed by atoms with Crippen LogP contribution >= 0.6 is 0 Å². The van der Waals surface area contributed by atoms with Gasteiger partial charge >= 0.3 is 0 Å². The maximum Gasteiger partial charge on any atom is 0.194 e. The molecule has 4 nitrogen and oxygen atoms in total. The normalized spacial score (nSPS) is 16.7. The largest absolute Gasteiger partial charge is 0.370 e. The van der Waals surface area contributed by atoms with Crippen LogP contribution < -0.4 is 11.1 Å². The molecule has 1 aliphatic carbocycles. The Balaban J connectivity index is 1.65. The first kappa shape index (κ1) is 12.7. The summed E-state index contributed by atoms with van der Waals surface area (Å²) in [4.78, 5) is 8.64. The van der Waals surface area contributed by atoms with E-state index in [1.165, 1.54) is 18.4 Å². The number of benzene rings is 1. The molecule has 0 aliphatic heterocycles. The standard InChI is InChI=1S/C16H18N4/c17-15(20-14-8-4-5-11-18-14)19-12-16(9-10-16)13-6-2-1-3-7-13/h1-8,11H,9-10,12H2,(H3,17,18,19,20). The maximum absolute atomic E-state index is 5.92. The van der Waals surface area contributed by atoms with Crippen LogP contribution in [0.1, 0.15) is 18.4 Å². The predicted octanol–water partition coefficient (Wildman–Crippen LogP) is 2.54. The Morgan fingerprint density at radius 2 is 1.90 bits per heavy atom. The molecule has 3 N–H and O–H groups in total. The second kappa shape index (κ2) is 5.33. The zero-order chi connectivity index (χ0) is 13.8. The molecule has 4 heteroatoms. The summed E-state index contributed by atoms with van der Waals surface area (Å²) in [7, 11) is 0. The Bertz CT molecular complexity index is 588. The number of nitrogens with zero attached hydrogens (tertiary/aromatic N) is 2. The van der Waals surface area contributed by atoms with Crippen molar-refractivity contribution in [3.63, 3.8) is 0 Å². The summed E-state index contributed by atoms with van der Waals surface area (Å²) in [6, 6.07) is 16.2. The molecule has 1 fully saturated rings. The van der Waals surface area contributed by atoms with E-state index in [0.717, 1.165) is 12.4 Å². The van der Waals surface area contributed by atoms with Gasteiger partial charge in [0, 0.05) is 11.6 Å². The lowest BCUT2D eigenvalue weighted by molar-refractivity contribution is 0.705. The first-order chi connectivity index (χ1) is 9.78. The molecular weight excluding hydrogens is 248 g/mol. The fourth-order valence-electron chi connectivity index (χ4n) is 2.32. The Hall–Kier alpha value is -2.36. The summed E-state index contributed by atoms with van der Waals surface area (Å²) < 4.78 is 0. The zero-order valence-electron chi connectivity index (χ0n) is 11.3. The zero-order valence-corrected chi connectivity index (χ0v) is 11.3. The number of anilines is 1. The predicted molar refractivity (Wildman–Crippen MR) is 81.7 cm³/mol. The van der Waals surface area contributed by atoms with Gasteiger partial charge in [-0.3, -0.25) is 4.99 Å². The van der Waals surface area contributed by atoms with Crippen LogP contribution in [-0.2, 0) is 5.41 Å². The van der Waals surface area contributed by atoms with Crippen molar-refractivity contribution in [2.75, 3.05) is 11.9 Å². The second-order valence-corrected chi connectivity index (χ2v) is 5.19. The minimum absolute atomic E-state index is 0.192. The van der Waals surface area contributed by atoms with Crippen LogP contribution in [0.25, 0.3) is 0 Å². The van der Waals surface area contributed by atoms with Crippen LogP contribution in [0.2, 0.25) is 0 Å². The molecule has 20 heavy (non-hydrogen) atoms. The highest BCUT2D eigenvalue weighted by atomic mass is 15.1. The van der Waals surface area contributed by atoms with Crippen LogP contribution in [0.5, 0.6) is 0 Å². The fourth-order valence-corrected chi connectivity index (χ4v) is 2.32. The number of nitrogens with one attached hydrogen (secondary N) is 1. The van der Waals surface area contributed by atoms with E-state index >= 15 is 0 Å². The number of aliphatic imine (C=N–C) groups is 1. The van der Waals surface area contributed by atoms with E-state index in [-0.39, 0.29) is 5.41 Å². The van der Waals surface area contributed by atoms with Crippen molar-refractivity contribution in [2.24, 2.45) is 10.7 Å². The molecule has 0 amide bonds. The molecule has 1 saturated carbocycles. The van der Waals surface area contributed by atoms with Crippen LogP contribution in [0.15, 0.2) is 59.7 Å². The number of pyridine rings is 1. The van der Waals surface area contributed by atoms with Gasteiger partial charge in [0.2, 0.25) is 0 Å². The minimum Gasteiger partial charge on any atom is -0.370 e. The van der Waals surface area contributed by atoms with Gasteiger partial charge in [0.25, 0.3) is 0 Å². The van der Waals surface area contributed by atoms with Gasteiger partial charge in [0.1, 0.15) is 5.82 Å². The smallest absolute Gasteiger partial charge is 0.194 e. The average Bonchev–Trinajstić information content (AvgIpc) is 3.28. The van der Waals surface area contributed by atoms with Gasteiger partial charge in [-0.05, 0) is 30.5 Å². The van der Waals surface area contributed by atoms with E-state index in [9.17, 15) is 0 Å². The Labute approximate surface area is 118 Å². The molecule has 0 bridgehead atoms. The highest BCUT2D eigenvalue weighted by Gasteiger charge is 2.43. The number of rotatable bonds is 4. The van der Waals surface area contributed by atoms with Crippen molar-refractivity contribution in [2.45, 2.75) is 18.3 Å². The monoisotopic (exact) mass is 266 g/mol. The van der Waals surface area contributed by atoms with E-state index in [1.807, 2.05) is 24.3 Å². The van der Waals surface area contributed by atoms with Crippen molar-refractivity contribution in [3.8, 4) is 0 Å². The fraction of sp³-hybridized carbons (Fsp3) is 0.250.